The molecule has 1 saturated carbocycles. The molecule has 0 unspecified atom stereocenters. The average molecular weight is 349 g/mol. The first-order valence-electron chi connectivity index (χ1n) is 7.92. The van der Waals surface area contributed by atoms with Crippen molar-refractivity contribution in [2.45, 2.75) is 32.4 Å². The molecule has 0 saturated heterocycles. The Bertz CT molecular complexity index is 967. The predicted octanol–water partition coefficient (Wildman–Crippen LogP) is 4.46. The summed E-state index contributed by atoms with van der Waals surface area (Å²) in [5, 5.41) is 4.18. The van der Waals surface area contributed by atoms with Gasteiger partial charge in [0.15, 0.2) is 0 Å². The molecule has 5 nitrogen and oxygen atoms in total. The highest BCUT2D eigenvalue weighted by Crippen LogP contribution is 2.33. The van der Waals surface area contributed by atoms with Crippen LogP contribution in [0, 0.1) is 12.8 Å². The minimum Gasteiger partial charge on any atom is -0.329 e. The second-order valence-electron chi connectivity index (χ2n) is 6.30. The zero-order valence-corrected chi connectivity index (χ0v) is 13.3. The Hall–Kier alpha value is -2.64. The molecule has 2 aromatic heterocycles. The number of benzene rings is 1. The molecule has 1 aliphatic carbocycles. The number of fused-ring (bicyclic) bond motifs is 1. The number of nitrogens with zero attached hydrogens (tertiary/aromatic N) is 3. The van der Waals surface area contributed by atoms with Crippen LogP contribution in [0.2, 0.25) is 0 Å². The number of carbonyl (C=O) groups excluding carboxylic acids is 1. The van der Waals surface area contributed by atoms with E-state index in [4.69, 9.17) is 0 Å². The summed E-state index contributed by atoms with van der Waals surface area (Å²) in [5.41, 5.74) is 2.01. The lowest BCUT2D eigenvalue weighted by Gasteiger charge is -2.24. The summed E-state index contributed by atoms with van der Waals surface area (Å²) in [5.74, 6) is -1.39. The maximum atomic E-state index is 12.6. The molecule has 3 aromatic rings. The second kappa shape index (κ2) is 5.44. The fourth-order valence-corrected chi connectivity index (χ4v) is 3.02. The van der Waals surface area contributed by atoms with E-state index in [0.29, 0.717) is 5.56 Å². The molecule has 0 amide bonds. The molecule has 1 aromatic carbocycles. The van der Waals surface area contributed by atoms with E-state index in [1.54, 1.807) is 29.0 Å². The monoisotopic (exact) mass is 349 g/mol. The lowest BCUT2D eigenvalue weighted by molar-refractivity contribution is -0.159. The average Bonchev–Trinajstić information content (AvgIpc) is 3.10. The van der Waals surface area contributed by atoms with Crippen LogP contribution in [-0.2, 0) is 6.18 Å². The van der Waals surface area contributed by atoms with Gasteiger partial charge >= 0.3 is 12.1 Å². The summed E-state index contributed by atoms with van der Waals surface area (Å²) in [4.78, 5) is 15.9. The van der Waals surface area contributed by atoms with Crippen molar-refractivity contribution in [2.75, 3.05) is 0 Å². The number of aryl methyl sites for hydroxylation is 1. The topological polar surface area (TPSA) is 60.9 Å². The molecule has 0 spiro atoms. The largest absolute Gasteiger partial charge is 0.471 e. The molecular formula is C17H14F3N3O2. The van der Waals surface area contributed by atoms with Gasteiger partial charge in [0.1, 0.15) is 0 Å². The lowest BCUT2D eigenvalue weighted by Crippen LogP contribution is -2.26. The maximum Gasteiger partial charge on any atom is 0.471 e. The van der Waals surface area contributed by atoms with Crippen LogP contribution < -0.4 is 0 Å². The SMILES string of the molecule is Cc1cn(C(=O)C2CCC2)c2ccc(-c3noc(C(F)(F)F)n3)cc12. The van der Waals surface area contributed by atoms with Crippen molar-refractivity contribution in [3.05, 3.63) is 35.9 Å². The molecule has 8 heteroatoms. The van der Waals surface area contributed by atoms with E-state index in [2.05, 4.69) is 14.7 Å². The van der Waals surface area contributed by atoms with Gasteiger partial charge in [-0.15, -0.1) is 0 Å². The molecular weight excluding hydrogens is 335 g/mol. The van der Waals surface area contributed by atoms with Crippen molar-refractivity contribution in [3.63, 3.8) is 0 Å². The van der Waals surface area contributed by atoms with Crippen LogP contribution in [0.1, 0.15) is 35.5 Å². The molecule has 0 radical (unpaired) electrons. The first-order chi connectivity index (χ1) is 11.8. The zero-order chi connectivity index (χ0) is 17.8. The lowest BCUT2D eigenvalue weighted by atomic mass is 9.85. The van der Waals surface area contributed by atoms with E-state index in [-0.39, 0.29) is 17.6 Å². The van der Waals surface area contributed by atoms with Crippen LogP contribution in [0.15, 0.2) is 28.9 Å². The van der Waals surface area contributed by atoms with E-state index in [0.717, 1.165) is 35.7 Å². The summed E-state index contributed by atoms with van der Waals surface area (Å²) < 4.78 is 43.7. The second-order valence-corrected chi connectivity index (χ2v) is 6.30. The Morgan fingerprint density at radius 1 is 1.32 bits per heavy atom. The number of rotatable bonds is 2. The molecule has 4 rings (SSSR count). The third kappa shape index (κ3) is 2.61. The molecule has 2 heterocycles. The molecule has 1 aliphatic rings. The van der Waals surface area contributed by atoms with E-state index >= 15 is 0 Å². The first-order valence-corrected chi connectivity index (χ1v) is 7.92. The van der Waals surface area contributed by atoms with Crippen molar-refractivity contribution in [1.29, 1.82) is 0 Å². The van der Waals surface area contributed by atoms with Gasteiger partial charge in [-0.3, -0.25) is 9.36 Å². The standard InChI is InChI=1S/C17H14F3N3O2/c1-9-8-23(15(24)10-3-2-4-10)13-6-5-11(7-12(9)13)14-21-16(25-22-14)17(18,19)20/h5-8,10H,2-4H2,1H3. The highest BCUT2D eigenvalue weighted by atomic mass is 19.4. The fourth-order valence-electron chi connectivity index (χ4n) is 3.02. The van der Waals surface area contributed by atoms with E-state index in [1.165, 1.54) is 0 Å². The minimum atomic E-state index is -4.68. The number of alkyl halides is 3. The summed E-state index contributed by atoms with van der Waals surface area (Å²) in [6.07, 6.45) is -0.0359. The zero-order valence-electron chi connectivity index (χ0n) is 13.3. The van der Waals surface area contributed by atoms with Gasteiger partial charge in [-0.05, 0) is 43.5 Å². The van der Waals surface area contributed by atoms with Crippen LogP contribution in [0.5, 0.6) is 0 Å². The van der Waals surface area contributed by atoms with Gasteiger partial charge in [0.2, 0.25) is 11.7 Å². The normalized spacial score (nSPS) is 15.5. The van der Waals surface area contributed by atoms with Crippen LogP contribution in [-0.4, -0.2) is 20.6 Å². The summed E-state index contributed by atoms with van der Waals surface area (Å²) in [6, 6.07) is 4.98. The van der Waals surface area contributed by atoms with Crippen LogP contribution in [0.4, 0.5) is 13.2 Å². The number of aromatic nitrogens is 3. The Labute approximate surface area is 140 Å². The maximum absolute atomic E-state index is 12.6. The Morgan fingerprint density at radius 3 is 2.68 bits per heavy atom. The Balaban J connectivity index is 1.75. The van der Waals surface area contributed by atoms with E-state index < -0.39 is 12.1 Å². The first kappa shape index (κ1) is 15.9. The molecule has 0 N–H and O–H groups in total. The van der Waals surface area contributed by atoms with Crippen LogP contribution >= 0.6 is 0 Å². The molecule has 0 bridgehead atoms. The molecule has 130 valence electrons. The smallest absolute Gasteiger partial charge is 0.329 e. The predicted molar refractivity (Wildman–Crippen MR) is 82.9 cm³/mol. The minimum absolute atomic E-state index is 0.0567. The molecule has 0 atom stereocenters. The Morgan fingerprint density at radius 2 is 2.08 bits per heavy atom. The summed E-state index contributed by atoms with van der Waals surface area (Å²) in [6.45, 7) is 1.86. The molecule has 0 aliphatic heterocycles. The van der Waals surface area contributed by atoms with Crippen LogP contribution in [0.25, 0.3) is 22.3 Å². The molecule has 1 fully saturated rings. The molecule has 25 heavy (non-hydrogen) atoms. The van der Waals surface area contributed by atoms with Crippen molar-refractivity contribution in [3.8, 4) is 11.4 Å². The van der Waals surface area contributed by atoms with Gasteiger partial charge < -0.3 is 4.52 Å². The number of carbonyl (C=O) groups is 1. The highest BCUT2D eigenvalue weighted by molar-refractivity contribution is 5.97. The van der Waals surface area contributed by atoms with Crippen LogP contribution in [0.3, 0.4) is 0 Å². The van der Waals surface area contributed by atoms with Crippen molar-refractivity contribution < 1.29 is 22.5 Å². The van der Waals surface area contributed by atoms with E-state index in [1.807, 2.05) is 6.92 Å². The van der Waals surface area contributed by atoms with Crippen molar-refractivity contribution in [2.24, 2.45) is 5.92 Å². The number of halogens is 3. The van der Waals surface area contributed by atoms with E-state index in [9.17, 15) is 18.0 Å². The highest BCUT2D eigenvalue weighted by Gasteiger charge is 2.38. The van der Waals surface area contributed by atoms with Gasteiger partial charge in [0.25, 0.3) is 0 Å². The quantitative estimate of drug-likeness (QED) is 0.685. The number of hydrogen-bond acceptors (Lipinski definition) is 4. The summed E-state index contributed by atoms with van der Waals surface area (Å²) >= 11 is 0. The third-order valence-electron chi connectivity index (χ3n) is 4.62. The van der Waals surface area contributed by atoms with Gasteiger partial charge in [0, 0.05) is 23.1 Å². The third-order valence-corrected chi connectivity index (χ3v) is 4.62. The van der Waals surface area contributed by atoms with Crippen molar-refractivity contribution in [1.82, 2.24) is 14.7 Å². The van der Waals surface area contributed by atoms with Gasteiger partial charge in [0.05, 0.1) is 5.52 Å². The van der Waals surface area contributed by atoms with Crippen molar-refractivity contribution >= 4 is 16.8 Å². The van der Waals surface area contributed by atoms with Gasteiger partial charge in [-0.1, -0.05) is 11.6 Å². The summed E-state index contributed by atoms with van der Waals surface area (Å²) in [7, 11) is 0. The fraction of sp³-hybridized carbons (Fsp3) is 0.353. The van der Waals surface area contributed by atoms with Gasteiger partial charge in [-0.25, -0.2) is 0 Å². The Kier molecular flexibility index (Phi) is 3.45. The van der Waals surface area contributed by atoms with Gasteiger partial charge in [-0.2, -0.15) is 18.2 Å². The number of hydrogen-bond donors (Lipinski definition) is 0.